The smallest absolute Gasteiger partial charge is 0.309 e. The molecule has 0 aromatic heterocycles. The molecule has 1 saturated carbocycles. The summed E-state index contributed by atoms with van der Waals surface area (Å²) in [5.41, 5.74) is -0.152. The molecule has 2 nitrogen and oxygen atoms in total. The standard InChI is InChI=1S/C15H28O2/c1-4-13(3)14(16)17-15(5-2)11-9-7-6-8-10-12-15/h13H,4-12H2,1-3H3. The number of hydrogen-bond donors (Lipinski definition) is 0. The number of rotatable bonds is 4. The second kappa shape index (κ2) is 7.03. The lowest BCUT2D eigenvalue weighted by Crippen LogP contribution is -2.37. The fourth-order valence-corrected chi connectivity index (χ4v) is 2.56. The van der Waals surface area contributed by atoms with Crippen molar-refractivity contribution >= 4 is 5.97 Å². The lowest BCUT2D eigenvalue weighted by Gasteiger charge is -2.35. The van der Waals surface area contributed by atoms with Crippen LogP contribution in [-0.4, -0.2) is 11.6 Å². The van der Waals surface area contributed by atoms with E-state index in [2.05, 4.69) is 6.92 Å². The molecule has 0 aliphatic heterocycles. The van der Waals surface area contributed by atoms with Crippen molar-refractivity contribution < 1.29 is 9.53 Å². The molecule has 0 N–H and O–H groups in total. The Morgan fingerprint density at radius 3 is 2.12 bits per heavy atom. The van der Waals surface area contributed by atoms with Crippen LogP contribution < -0.4 is 0 Å². The lowest BCUT2D eigenvalue weighted by molar-refractivity contribution is -0.167. The molecule has 1 atom stereocenters. The predicted molar refractivity (Wildman–Crippen MR) is 70.9 cm³/mol. The Kier molecular flexibility index (Phi) is 6.01. The van der Waals surface area contributed by atoms with Crippen molar-refractivity contribution in [2.45, 2.75) is 84.2 Å². The van der Waals surface area contributed by atoms with E-state index >= 15 is 0 Å². The van der Waals surface area contributed by atoms with Crippen molar-refractivity contribution in [2.24, 2.45) is 5.92 Å². The zero-order valence-electron chi connectivity index (χ0n) is 11.8. The first kappa shape index (κ1) is 14.5. The summed E-state index contributed by atoms with van der Waals surface area (Å²) in [5.74, 6) is 0.0544. The first-order chi connectivity index (χ1) is 8.13. The maximum absolute atomic E-state index is 12.0. The minimum Gasteiger partial charge on any atom is -0.459 e. The van der Waals surface area contributed by atoms with Crippen molar-refractivity contribution in [1.82, 2.24) is 0 Å². The molecule has 1 unspecified atom stereocenters. The van der Waals surface area contributed by atoms with E-state index in [0.717, 1.165) is 25.7 Å². The van der Waals surface area contributed by atoms with Crippen LogP contribution in [0.25, 0.3) is 0 Å². The van der Waals surface area contributed by atoms with Gasteiger partial charge in [-0.3, -0.25) is 4.79 Å². The van der Waals surface area contributed by atoms with Gasteiger partial charge in [0, 0.05) is 0 Å². The molecule has 2 heteroatoms. The largest absolute Gasteiger partial charge is 0.459 e. The van der Waals surface area contributed by atoms with Crippen molar-refractivity contribution in [3.63, 3.8) is 0 Å². The summed E-state index contributed by atoms with van der Waals surface area (Å²) in [4.78, 5) is 12.0. The molecule has 0 aromatic rings. The number of ether oxygens (including phenoxy) is 1. The summed E-state index contributed by atoms with van der Waals surface area (Å²) in [6.45, 7) is 6.17. The maximum Gasteiger partial charge on any atom is 0.309 e. The van der Waals surface area contributed by atoms with Crippen LogP contribution in [0.2, 0.25) is 0 Å². The summed E-state index contributed by atoms with van der Waals surface area (Å²) in [7, 11) is 0. The van der Waals surface area contributed by atoms with Crippen molar-refractivity contribution in [3.8, 4) is 0 Å². The third-order valence-corrected chi connectivity index (χ3v) is 4.24. The third kappa shape index (κ3) is 4.33. The van der Waals surface area contributed by atoms with Gasteiger partial charge in [-0.05, 0) is 38.5 Å². The topological polar surface area (TPSA) is 26.3 Å². The Balaban J connectivity index is 2.61. The monoisotopic (exact) mass is 240 g/mol. The summed E-state index contributed by atoms with van der Waals surface area (Å²) in [6, 6.07) is 0. The summed E-state index contributed by atoms with van der Waals surface area (Å²) in [6.07, 6.45) is 10.3. The highest BCUT2D eigenvalue weighted by Gasteiger charge is 2.33. The van der Waals surface area contributed by atoms with Gasteiger partial charge in [0.2, 0.25) is 0 Å². The molecule has 0 heterocycles. The average molecular weight is 240 g/mol. The molecular weight excluding hydrogens is 212 g/mol. The van der Waals surface area contributed by atoms with Gasteiger partial charge in [-0.1, -0.05) is 40.0 Å². The highest BCUT2D eigenvalue weighted by atomic mass is 16.6. The predicted octanol–water partition coefficient (Wildman–Crippen LogP) is 4.47. The molecule has 1 aliphatic carbocycles. The molecule has 1 fully saturated rings. The molecule has 1 aliphatic rings. The first-order valence-electron chi connectivity index (χ1n) is 7.36. The Hall–Kier alpha value is -0.530. The summed E-state index contributed by atoms with van der Waals surface area (Å²) in [5, 5.41) is 0. The van der Waals surface area contributed by atoms with Gasteiger partial charge in [0.1, 0.15) is 5.60 Å². The number of carbonyl (C=O) groups excluding carboxylic acids is 1. The first-order valence-corrected chi connectivity index (χ1v) is 7.36. The zero-order valence-corrected chi connectivity index (χ0v) is 11.8. The Labute approximate surface area is 106 Å². The summed E-state index contributed by atoms with van der Waals surface area (Å²) >= 11 is 0. The van der Waals surface area contributed by atoms with Gasteiger partial charge in [0.25, 0.3) is 0 Å². The second-order valence-corrected chi connectivity index (χ2v) is 5.53. The second-order valence-electron chi connectivity index (χ2n) is 5.53. The molecule has 1 rings (SSSR count). The van der Waals surface area contributed by atoms with Crippen LogP contribution in [0.1, 0.15) is 78.6 Å². The van der Waals surface area contributed by atoms with E-state index in [1.807, 2.05) is 13.8 Å². The summed E-state index contributed by atoms with van der Waals surface area (Å²) < 4.78 is 5.88. The zero-order chi connectivity index (χ0) is 12.7. The molecule has 0 saturated heterocycles. The van der Waals surface area contributed by atoms with Gasteiger partial charge < -0.3 is 4.74 Å². The highest BCUT2D eigenvalue weighted by molar-refractivity contribution is 5.72. The molecule has 17 heavy (non-hydrogen) atoms. The minimum absolute atomic E-state index is 0.00919. The molecule has 0 aromatic carbocycles. The van der Waals surface area contributed by atoms with Crippen LogP contribution in [0.15, 0.2) is 0 Å². The molecule has 0 amide bonds. The molecule has 0 spiro atoms. The fourth-order valence-electron chi connectivity index (χ4n) is 2.56. The van der Waals surface area contributed by atoms with E-state index in [9.17, 15) is 4.79 Å². The Bertz CT molecular complexity index is 227. The van der Waals surface area contributed by atoms with Gasteiger partial charge in [0.15, 0.2) is 0 Å². The molecular formula is C15H28O2. The maximum atomic E-state index is 12.0. The number of hydrogen-bond acceptors (Lipinski definition) is 2. The van der Waals surface area contributed by atoms with Crippen molar-refractivity contribution in [2.75, 3.05) is 0 Å². The van der Waals surface area contributed by atoms with Crippen molar-refractivity contribution in [1.29, 1.82) is 0 Å². The number of esters is 1. The van der Waals surface area contributed by atoms with Crippen LogP contribution in [0.3, 0.4) is 0 Å². The molecule has 0 radical (unpaired) electrons. The van der Waals surface area contributed by atoms with Crippen LogP contribution in [0, 0.1) is 5.92 Å². The fraction of sp³-hybridized carbons (Fsp3) is 0.933. The van der Waals surface area contributed by atoms with Gasteiger partial charge in [0.05, 0.1) is 5.92 Å². The lowest BCUT2D eigenvalue weighted by atomic mass is 9.84. The van der Waals surface area contributed by atoms with E-state index in [-0.39, 0.29) is 17.5 Å². The Morgan fingerprint density at radius 2 is 1.65 bits per heavy atom. The van der Waals surface area contributed by atoms with Gasteiger partial charge in [-0.2, -0.15) is 0 Å². The van der Waals surface area contributed by atoms with Gasteiger partial charge in [-0.25, -0.2) is 0 Å². The van der Waals surface area contributed by atoms with Gasteiger partial charge >= 0.3 is 5.97 Å². The average Bonchev–Trinajstić information content (AvgIpc) is 2.31. The quantitative estimate of drug-likeness (QED) is 0.678. The van der Waals surface area contributed by atoms with Gasteiger partial charge in [-0.15, -0.1) is 0 Å². The van der Waals surface area contributed by atoms with Crippen LogP contribution in [-0.2, 0) is 9.53 Å². The molecule has 100 valence electrons. The van der Waals surface area contributed by atoms with E-state index in [4.69, 9.17) is 4.74 Å². The highest BCUT2D eigenvalue weighted by Crippen LogP contribution is 2.33. The Morgan fingerprint density at radius 1 is 1.12 bits per heavy atom. The molecule has 0 bridgehead atoms. The van der Waals surface area contributed by atoms with E-state index in [0.29, 0.717) is 0 Å². The van der Waals surface area contributed by atoms with Crippen LogP contribution in [0.4, 0.5) is 0 Å². The van der Waals surface area contributed by atoms with E-state index in [1.54, 1.807) is 0 Å². The number of carbonyl (C=O) groups is 1. The van der Waals surface area contributed by atoms with Crippen molar-refractivity contribution in [3.05, 3.63) is 0 Å². The van der Waals surface area contributed by atoms with Crippen LogP contribution >= 0.6 is 0 Å². The SMILES string of the molecule is CCC(C)C(=O)OC1(CC)CCCCCCC1. The van der Waals surface area contributed by atoms with E-state index in [1.165, 1.54) is 32.1 Å². The minimum atomic E-state index is -0.152. The van der Waals surface area contributed by atoms with Crippen LogP contribution in [0.5, 0.6) is 0 Å². The normalized spacial score (nSPS) is 22.3. The van der Waals surface area contributed by atoms with E-state index < -0.39 is 0 Å². The third-order valence-electron chi connectivity index (χ3n) is 4.24.